The van der Waals surface area contributed by atoms with E-state index in [9.17, 15) is 22.4 Å². The van der Waals surface area contributed by atoms with Crippen LogP contribution in [0.4, 0.5) is 17.6 Å². The number of ether oxygens (including phenoxy) is 1. The molecule has 0 unspecified atom stereocenters. The molecule has 3 rings (SSSR count). The van der Waals surface area contributed by atoms with Crippen LogP contribution < -0.4 is 5.32 Å². The zero-order chi connectivity index (χ0) is 21.7. The molecule has 1 heterocycles. The summed E-state index contributed by atoms with van der Waals surface area (Å²) in [5, 5.41) is 9.27. The Morgan fingerprint density at radius 2 is 1.87 bits per heavy atom. The van der Waals surface area contributed by atoms with Gasteiger partial charge in [-0.2, -0.15) is 13.2 Å². The highest BCUT2D eigenvalue weighted by Crippen LogP contribution is 2.32. The highest BCUT2D eigenvalue weighted by molar-refractivity contribution is 5.93. The van der Waals surface area contributed by atoms with Gasteiger partial charge >= 0.3 is 6.18 Å². The van der Waals surface area contributed by atoms with Gasteiger partial charge in [0.05, 0.1) is 12.3 Å². The molecule has 0 saturated heterocycles. The van der Waals surface area contributed by atoms with Gasteiger partial charge in [-0.05, 0) is 36.2 Å². The number of halogens is 4. The molecule has 6 nitrogen and oxygen atoms in total. The topological polar surface area (TPSA) is 69.0 Å². The summed E-state index contributed by atoms with van der Waals surface area (Å²) in [7, 11) is 0. The van der Waals surface area contributed by atoms with Gasteiger partial charge in [-0.1, -0.05) is 35.5 Å². The molecule has 158 valence electrons. The predicted octanol–water partition coefficient (Wildman–Crippen LogP) is 3.89. The maximum atomic E-state index is 13.7. The van der Waals surface area contributed by atoms with Crippen LogP contribution in [0.15, 0.2) is 48.5 Å². The molecule has 0 atom stereocenters. The number of nitrogens with one attached hydrogen (secondary N) is 1. The lowest BCUT2D eigenvalue weighted by Crippen LogP contribution is -2.27. The van der Waals surface area contributed by atoms with Crippen LogP contribution in [0.3, 0.4) is 0 Å². The number of nitrogens with zero attached hydrogens (tertiary/aromatic N) is 3. The first-order valence-electron chi connectivity index (χ1n) is 9.02. The summed E-state index contributed by atoms with van der Waals surface area (Å²) in [6, 6.07) is 11.5. The Kier molecular flexibility index (Phi) is 6.46. The highest BCUT2D eigenvalue weighted by Gasteiger charge is 2.42. The monoisotopic (exact) mass is 422 g/mol. The average Bonchev–Trinajstić information content (AvgIpc) is 3.17. The molecular formula is C20H18F4N4O2. The summed E-state index contributed by atoms with van der Waals surface area (Å²) in [4.78, 5) is 12.5. The van der Waals surface area contributed by atoms with Gasteiger partial charge in [-0.25, -0.2) is 9.07 Å². The second-order valence-electron chi connectivity index (χ2n) is 6.26. The molecule has 0 aliphatic carbocycles. The molecule has 0 aliphatic rings. The predicted molar refractivity (Wildman–Crippen MR) is 99.3 cm³/mol. The number of rotatable bonds is 7. The number of carbonyl (C=O) groups excluding carboxylic acids is 1. The van der Waals surface area contributed by atoms with E-state index in [1.54, 1.807) is 24.3 Å². The lowest BCUT2D eigenvalue weighted by molar-refractivity contribution is -0.143. The fourth-order valence-electron chi connectivity index (χ4n) is 2.82. The smallest absolute Gasteiger partial charge is 0.377 e. The van der Waals surface area contributed by atoms with Gasteiger partial charge in [0, 0.05) is 13.2 Å². The van der Waals surface area contributed by atoms with E-state index >= 15 is 0 Å². The molecule has 30 heavy (non-hydrogen) atoms. The highest BCUT2D eigenvalue weighted by atomic mass is 19.4. The van der Waals surface area contributed by atoms with E-state index in [1.165, 1.54) is 12.1 Å². The Labute approximate surface area is 169 Å². The van der Waals surface area contributed by atoms with Crippen molar-refractivity contribution < 1.29 is 27.1 Å². The van der Waals surface area contributed by atoms with Crippen molar-refractivity contribution in [2.75, 3.05) is 6.61 Å². The first-order valence-corrected chi connectivity index (χ1v) is 9.02. The van der Waals surface area contributed by atoms with Gasteiger partial charge in [0.25, 0.3) is 5.91 Å². The molecule has 0 radical (unpaired) electrons. The van der Waals surface area contributed by atoms with Crippen molar-refractivity contribution in [2.45, 2.75) is 26.3 Å². The first kappa shape index (κ1) is 21.4. The summed E-state index contributed by atoms with van der Waals surface area (Å²) < 4.78 is 60.2. The van der Waals surface area contributed by atoms with E-state index < -0.39 is 29.3 Å². The van der Waals surface area contributed by atoms with Crippen molar-refractivity contribution in [3.63, 3.8) is 0 Å². The lowest BCUT2D eigenvalue weighted by Gasteiger charge is -2.12. The Bertz CT molecular complexity index is 1030. The summed E-state index contributed by atoms with van der Waals surface area (Å²) >= 11 is 0. The van der Waals surface area contributed by atoms with E-state index in [1.807, 2.05) is 6.92 Å². The van der Waals surface area contributed by atoms with Crippen LogP contribution in [0.2, 0.25) is 0 Å². The third-order valence-corrected chi connectivity index (χ3v) is 4.23. The van der Waals surface area contributed by atoms with Crippen molar-refractivity contribution in [3.05, 3.63) is 76.9 Å². The van der Waals surface area contributed by atoms with Crippen molar-refractivity contribution in [1.29, 1.82) is 0 Å². The van der Waals surface area contributed by atoms with E-state index in [-0.39, 0.29) is 12.2 Å². The number of aromatic nitrogens is 3. The third kappa shape index (κ3) is 4.82. The maximum Gasteiger partial charge on any atom is 0.435 e. The number of amides is 1. The standard InChI is InChI=1S/C20H18F4N4O2/c1-2-30-12-14-7-4-3-6-13(14)11-25-19(29)17-18(20(22,23)24)28(27-26-17)16-9-5-8-15(21)10-16/h3-10H,2,11-12H2,1H3,(H,25,29). The minimum Gasteiger partial charge on any atom is -0.377 e. The molecular weight excluding hydrogens is 404 g/mol. The normalized spacial score (nSPS) is 11.5. The number of benzene rings is 2. The number of carbonyl (C=O) groups is 1. The van der Waals surface area contributed by atoms with Crippen LogP contribution in [0, 0.1) is 5.82 Å². The van der Waals surface area contributed by atoms with Crippen LogP contribution in [-0.2, 0) is 24.1 Å². The van der Waals surface area contributed by atoms with E-state index in [4.69, 9.17) is 4.74 Å². The Balaban J connectivity index is 1.87. The number of hydrogen-bond donors (Lipinski definition) is 1. The van der Waals surface area contributed by atoms with Crippen LogP contribution in [0.5, 0.6) is 0 Å². The molecule has 0 fully saturated rings. The van der Waals surface area contributed by atoms with Gasteiger partial charge in [-0.3, -0.25) is 4.79 Å². The van der Waals surface area contributed by atoms with Crippen molar-refractivity contribution in [1.82, 2.24) is 20.3 Å². The zero-order valence-electron chi connectivity index (χ0n) is 15.9. The zero-order valence-corrected chi connectivity index (χ0v) is 15.9. The van der Waals surface area contributed by atoms with Crippen molar-refractivity contribution in [3.8, 4) is 5.69 Å². The van der Waals surface area contributed by atoms with Crippen molar-refractivity contribution in [2.24, 2.45) is 0 Å². The molecule has 0 bridgehead atoms. The molecule has 0 spiro atoms. The fourth-order valence-corrected chi connectivity index (χ4v) is 2.82. The molecule has 1 aromatic heterocycles. The van der Waals surface area contributed by atoms with Crippen LogP contribution in [0.1, 0.15) is 34.2 Å². The van der Waals surface area contributed by atoms with Gasteiger partial charge < -0.3 is 10.1 Å². The summed E-state index contributed by atoms with van der Waals surface area (Å²) in [6.07, 6.45) is -4.94. The quantitative estimate of drug-likeness (QED) is 0.587. The van der Waals surface area contributed by atoms with Gasteiger partial charge in [0.1, 0.15) is 5.82 Å². The van der Waals surface area contributed by atoms with E-state index in [0.29, 0.717) is 23.5 Å². The fraction of sp³-hybridized carbons (Fsp3) is 0.250. The molecule has 3 aromatic rings. The summed E-state index contributed by atoms with van der Waals surface area (Å²) in [5.41, 5.74) is -0.970. The second-order valence-corrected chi connectivity index (χ2v) is 6.26. The Morgan fingerprint density at radius 3 is 2.53 bits per heavy atom. The van der Waals surface area contributed by atoms with E-state index in [0.717, 1.165) is 17.7 Å². The SMILES string of the molecule is CCOCc1ccccc1CNC(=O)c1nnn(-c2cccc(F)c2)c1C(F)(F)F. The third-order valence-electron chi connectivity index (χ3n) is 4.23. The average molecular weight is 422 g/mol. The molecule has 2 aromatic carbocycles. The van der Waals surface area contributed by atoms with Crippen molar-refractivity contribution >= 4 is 5.91 Å². The number of alkyl halides is 3. The van der Waals surface area contributed by atoms with Crippen LogP contribution in [0.25, 0.3) is 5.69 Å². The maximum absolute atomic E-state index is 13.7. The van der Waals surface area contributed by atoms with Crippen LogP contribution in [-0.4, -0.2) is 27.5 Å². The molecule has 0 aliphatic heterocycles. The molecule has 10 heteroatoms. The lowest BCUT2D eigenvalue weighted by atomic mass is 10.1. The molecule has 0 saturated carbocycles. The Morgan fingerprint density at radius 1 is 1.13 bits per heavy atom. The number of hydrogen-bond acceptors (Lipinski definition) is 4. The van der Waals surface area contributed by atoms with E-state index in [2.05, 4.69) is 15.6 Å². The molecule has 1 amide bonds. The molecule has 1 N–H and O–H groups in total. The van der Waals surface area contributed by atoms with Gasteiger partial charge in [0.2, 0.25) is 0 Å². The van der Waals surface area contributed by atoms with Crippen LogP contribution >= 0.6 is 0 Å². The second kappa shape index (κ2) is 9.04. The Hall–Kier alpha value is -3.27. The first-order chi connectivity index (χ1) is 14.3. The van der Waals surface area contributed by atoms with Gasteiger partial charge in [-0.15, -0.1) is 5.10 Å². The summed E-state index contributed by atoms with van der Waals surface area (Å²) in [5.74, 6) is -1.79. The minimum atomic E-state index is -4.94. The van der Waals surface area contributed by atoms with Gasteiger partial charge in [0.15, 0.2) is 11.4 Å². The largest absolute Gasteiger partial charge is 0.435 e. The minimum absolute atomic E-state index is 0.0216. The summed E-state index contributed by atoms with van der Waals surface area (Å²) in [6.45, 7) is 2.63.